The Morgan fingerprint density at radius 2 is 1.27 bits per heavy atom. The van der Waals surface area contributed by atoms with Crippen molar-refractivity contribution < 1.29 is 27.2 Å². The van der Waals surface area contributed by atoms with Gasteiger partial charge < -0.3 is 13.9 Å². The maximum Gasteiger partial charge on any atom is 0.289 e. The second kappa shape index (κ2) is 17.4. The number of nitrogens with one attached hydrogen (secondary N) is 1. The van der Waals surface area contributed by atoms with Crippen LogP contribution in [0.15, 0.2) is 108 Å². The summed E-state index contributed by atoms with van der Waals surface area (Å²) in [5, 5.41) is 11.8. The van der Waals surface area contributed by atoms with Gasteiger partial charge in [-0.3, -0.25) is 15.0 Å². The zero-order valence-corrected chi connectivity index (χ0v) is 32.5. The minimum atomic E-state index is -4.26. The zero-order chi connectivity index (χ0) is 37.2. The van der Waals surface area contributed by atoms with Gasteiger partial charge in [0, 0.05) is 37.8 Å². The predicted octanol–water partition coefficient (Wildman–Crippen LogP) is 7.64. The number of nitrogens with zero attached hydrogens (tertiary/aromatic N) is 2. The van der Waals surface area contributed by atoms with Crippen LogP contribution in [0.25, 0.3) is 0 Å². The number of nitro benzene ring substituents is 1. The van der Waals surface area contributed by atoms with E-state index in [0.717, 1.165) is 22.4 Å². The molecule has 0 heterocycles. The van der Waals surface area contributed by atoms with Crippen molar-refractivity contribution in [1.29, 1.82) is 0 Å². The van der Waals surface area contributed by atoms with Gasteiger partial charge in [0.2, 0.25) is 10.0 Å². The van der Waals surface area contributed by atoms with Crippen molar-refractivity contribution in [2.45, 2.75) is 75.3 Å². The highest BCUT2D eigenvalue weighted by Gasteiger charge is 2.39. The van der Waals surface area contributed by atoms with Crippen LogP contribution in [0, 0.1) is 10.1 Å². The largest absolute Gasteiger partial charge is 0.497 e. The zero-order valence-electron chi connectivity index (χ0n) is 30.7. The molecule has 0 saturated heterocycles. The van der Waals surface area contributed by atoms with Crippen LogP contribution in [-0.4, -0.2) is 66.0 Å². The lowest BCUT2D eigenvalue weighted by Crippen LogP contribution is -2.53. The first-order valence-electron chi connectivity index (χ1n) is 17.1. The predicted molar refractivity (Wildman–Crippen MR) is 204 cm³/mol. The van der Waals surface area contributed by atoms with E-state index in [1.54, 1.807) is 14.2 Å². The summed E-state index contributed by atoms with van der Waals surface area (Å²) in [7, 11) is -3.21. The van der Waals surface area contributed by atoms with Gasteiger partial charge >= 0.3 is 0 Å². The Bertz CT molecular complexity index is 1810. The van der Waals surface area contributed by atoms with Crippen LogP contribution in [-0.2, 0) is 33.8 Å². The Kier molecular flexibility index (Phi) is 13.6. The van der Waals surface area contributed by atoms with E-state index in [9.17, 15) is 18.5 Å². The van der Waals surface area contributed by atoms with Crippen LogP contribution >= 0.6 is 0 Å². The topological polar surface area (TPSA) is 120 Å². The van der Waals surface area contributed by atoms with Gasteiger partial charge in [-0.05, 0) is 78.0 Å². The Morgan fingerprint density at radius 1 is 0.765 bits per heavy atom. The molecule has 0 bridgehead atoms. The maximum absolute atomic E-state index is 13.8. The molecular formula is C39H51N3O7SSi. The quantitative estimate of drug-likeness (QED) is 0.0630. The molecule has 0 radical (unpaired) electrons. The molecule has 1 N–H and O–H groups in total. The summed E-state index contributed by atoms with van der Waals surface area (Å²) in [6.07, 6.45) is 1.11. The summed E-state index contributed by atoms with van der Waals surface area (Å²) in [5.41, 5.74) is 2.66. The van der Waals surface area contributed by atoms with Gasteiger partial charge in [-0.25, -0.2) is 13.1 Å². The number of sulfonamides is 1. The Morgan fingerprint density at radius 3 is 1.78 bits per heavy atom. The van der Waals surface area contributed by atoms with E-state index in [1.807, 2.05) is 54.6 Å². The number of para-hydroxylation sites is 1. The second-order valence-corrected chi connectivity index (χ2v) is 20.8. The molecule has 0 amide bonds. The monoisotopic (exact) mass is 733 g/mol. The summed E-state index contributed by atoms with van der Waals surface area (Å²) in [6, 6.07) is 30.7. The van der Waals surface area contributed by atoms with Crippen molar-refractivity contribution in [2.75, 3.05) is 27.4 Å². The molecule has 0 aliphatic carbocycles. The normalized spacial score (nSPS) is 13.5. The van der Waals surface area contributed by atoms with Crippen LogP contribution in [0.3, 0.4) is 0 Å². The van der Waals surface area contributed by atoms with Crippen molar-refractivity contribution in [1.82, 2.24) is 9.62 Å². The average Bonchev–Trinajstić information content (AvgIpc) is 3.11. The van der Waals surface area contributed by atoms with E-state index < -0.39 is 29.0 Å². The van der Waals surface area contributed by atoms with Gasteiger partial charge in [0.25, 0.3) is 5.69 Å². The molecule has 0 unspecified atom stereocenters. The van der Waals surface area contributed by atoms with Gasteiger partial charge in [0.05, 0.1) is 19.1 Å². The lowest BCUT2D eigenvalue weighted by atomic mass is 9.98. The molecule has 12 heteroatoms. The summed E-state index contributed by atoms with van der Waals surface area (Å²) in [6.45, 7) is 12.0. The highest BCUT2D eigenvalue weighted by Crippen LogP contribution is 2.37. The summed E-state index contributed by atoms with van der Waals surface area (Å²) in [5.74, 6) is 1.48. The number of benzene rings is 4. The summed E-state index contributed by atoms with van der Waals surface area (Å²) >= 11 is 0. The number of methoxy groups -OCH3 is 2. The lowest BCUT2D eigenvalue weighted by molar-refractivity contribution is -0.387. The number of hydrogen-bond acceptors (Lipinski definition) is 8. The molecule has 274 valence electrons. The van der Waals surface area contributed by atoms with Crippen molar-refractivity contribution in [3.8, 4) is 11.5 Å². The van der Waals surface area contributed by atoms with Crippen molar-refractivity contribution in [3.05, 3.63) is 130 Å². The molecule has 0 saturated carbocycles. The number of nitro groups is 1. The molecule has 0 aromatic heterocycles. The maximum atomic E-state index is 13.8. The Hall–Kier alpha value is -4.07. The second-order valence-electron chi connectivity index (χ2n) is 14.2. The van der Waals surface area contributed by atoms with E-state index in [0.29, 0.717) is 31.7 Å². The van der Waals surface area contributed by atoms with Gasteiger partial charge in [0.15, 0.2) is 13.2 Å². The minimum Gasteiger partial charge on any atom is -0.497 e. The molecule has 0 aliphatic rings. The van der Waals surface area contributed by atoms with Crippen molar-refractivity contribution >= 4 is 24.0 Å². The van der Waals surface area contributed by atoms with Crippen LogP contribution in [0.4, 0.5) is 5.69 Å². The average molecular weight is 734 g/mol. The molecule has 0 aliphatic heterocycles. The third-order valence-electron chi connectivity index (χ3n) is 9.71. The highest BCUT2D eigenvalue weighted by molar-refractivity contribution is 7.89. The molecule has 51 heavy (non-hydrogen) atoms. The van der Waals surface area contributed by atoms with Crippen LogP contribution in [0.2, 0.25) is 18.1 Å². The van der Waals surface area contributed by atoms with Crippen LogP contribution in [0.5, 0.6) is 11.5 Å². The lowest BCUT2D eigenvalue weighted by Gasteiger charge is -2.42. The summed E-state index contributed by atoms with van der Waals surface area (Å²) < 4.78 is 48.1. The third kappa shape index (κ3) is 11.0. The first-order valence-corrected chi connectivity index (χ1v) is 21.4. The molecule has 10 nitrogen and oxygen atoms in total. The first kappa shape index (κ1) is 39.7. The molecule has 0 spiro atoms. The van der Waals surface area contributed by atoms with Crippen LogP contribution < -0.4 is 14.2 Å². The summed E-state index contributed by atoms with van der Waals surface area (Å²) in [4.78, 5) is 13.1. The third-order valence-corrected chi connectivity index (χ3v) is 15.7. The fourth-order valence-electron chi connectivity index (χ4n) is 5.64. The van der Waals surface area contributed by atoms with Crippen LogP contribution in [0.1, 0.15) is 37.5 Å². The number of ether oxygens (including phenoxy) is 2. The standard InChI is InChI=1S/C39H51N3O7SSi/c1-39(2,3)51(6,7)49-29-34(26-31-19-23-36(48-5)24-20-31)41(28-32-13-9-8-10-14-32)33(25-30-17-21-35(47-4)22-18-30)27-40-50(45,46)38-16-12-11-15-37(38)42(43)44/h8-24,33-34,40H,25-29H2,1-7H3/t33-,34+/m1/s1. The molecule has 0 fully saturated rings. The van der Waals surface area contributed by atoms with Crippen molar-refractivity contribution in [2.24, 2.45) is 0 Å². The van der Waals surface area contributed by atoms with E-state index >= 15 is 0 Å². The number of hydrogen-bond donors (Lipinski definition) is 1. The molecular weight excluding hydrogens is 683 g/mol. The fraction of sp³-hybridized carbons (Fsp3) is 0.385. The van der Waals surface area contributed by atoms with E-state index in [-0.39, 0.29) is 28.6 Å². The molecule has 4 rings (SSSR count). The smallest absolute Gasteiger partial charge is 0.289 e. The molecule has 4 aromatic rings. The molecule has 4 aromatic carbocycles. The highest BCUT2D eigenvalue weighted by atomic mass is 32.2. The van der Waals surface area contributed by atoms with Gasteiger partial charge in [-0.2, -0.15) is 0 Å². The fourth-order valence-corrected chi connectivity index (χ4v) is 7.92. The molecule has 2 atom stereocenters. The van der Waals surface area contributed by atoms with Gasteiger partial charge in [-0.1, -0.05) is 87.5 Å². The van der Waals surface area contributed by atoms with E-state index in [2.05, 4.69) is 67.8 Å². The Labute approximate surface area is 304 Å². The SMILES string of the molecule is COc1ccc(C[C@@H](CO[Si](C)(C)C(C)(C)C)N(Cc2ccccc2)[C@@H](CNS(=O)(=O)c2ccccc2[N+](=O)[O-])Cc2ccc(OC)cc2)cc1. The number of rotatable bonds is 18. The first-order chi connectivity index (χ1) is 24.1. The Balaban J connectivity index is 1.82. The van der Waals surface area contributed by atoms with E-state index in [4.69, 9.17) is 13.9 Å². The van der Waals surface area contributed by atoms with Crippen molar-refractivity contribution in [3.63, 3.8) is 0 Å². The van der Waals surface area contributed by atoms with E-state index in [1.165, 1.54) is 24.3 Å². The van der Waals surface area contributed by atoms with Gasteiger partial charge in [0.1, 0.15) is 11.5 Å². The van der Waals surface area contributed by atoms with Gasteiger partial charge in [-0.15, -0.1) is 0 Å². The minimum absolute atomic E-state index is 0.00749.